The van der Waals surface area contributed by atoms with E-state index in [0.717, 1.165) is 32.7 Å². The molecule has 9 heteroatoms. The average Bonchev–Trinajstić information content (AvgIpc) is 3.08. The van der Waals surface area contributed by atoms with E-state index in [1.807, 2.05) is 33.8 Å². The molecule has 0 aliphatic rings. The molecule has 158 valence electrons. The Labute approximate surface area is 189 Å². The van der Waals surface area contributed by atoms with Crippen molar-refractivity contribution < 1.29 is 9.53 Å². The van der Waals surface area contributed by atoms with Crippen LogP contribution in [-0.2, 0) is 4.79 Å². The number of amides is 1. The lowest BCUT2D eigenvalue weighted by Crippen LogP contribution is -2.30. The van der Waals surface area contributed by atoms with Gasteiger partial charge >= 0.3 is 0 Å². The Morgan fingerprint density at radius 3 is 2.63 bits per heavy atom. The standard InChI is InChI=1S/C21H22Cl2N4O2S/c1-10(2)26-27-21-24-16-8-11(3)18(12(4)19(16)30-21)25-20(28)13(5)29-17-7-6-14(22)9-15(17)23/h6-9,13H,1-5H3,(H,24,27)(H,25,28)/t13-/m1/s1. The van der Waals surface area contributed by atoms with Crippen LogP contribution >= 0.6 is 34.5 Å². The molecule has 2 N–H and O–H groups in total. The topological polar surface area (TPSA) is 75.6 Å². The zero-order chi connectivity index (χ0) is 22.0. The second-order valence-corrected chi connectivity index (χ2v) is 8.90. The van der Waals surface area contributed by atoms with Gasteiger partial charge in [0.15, 0.2) is 6.10 Å². The number of carbonyl (C=O) groups is 1. The second kappa shape index (κ2) is 9.20. The summed E-state index contributed by atoms with van der Waals surface area (Å²) in [6.45, 7) is 9.38. The minimum atomic E-state index is -0.751. The van der Waals surface area contributed by atoms with E-state index in [4.69, 9.17) is 27.9 Å². The molecule has 0 spiro atoms. The number of aromatic nitrogens is 1. The molecule has 1 aromatic heterocycles. The third kappa shape index (κ3) is 5.03. The van der Waals surface area contributed by atoms with Crippen LogP contribution in [-0.4, -0.2) is 22.7 Å². The summed E-state index contributed by atoms with van der Waals surface area (Å²) in [5.74, 6) is 0.123. The Bertz CT molecular complexity index is 1140. The van der Waals surface area contributed by atoms with Crippen molar-refractivity contribution in [1.29, 1.82) is 0 Å². The van der Waals surface area contributed by atoms with Gasteiger partial charge in [0.2, 0.25) is 5.13 Å². The summed E-state index contributed by atoms with van der Waals surface area (Å²) in [5, 5.41) is 8.73. The molecule has 6 nitrogen and oxygen atoms in total. The summed E-state index contributed by atoms with van der Waals surface area (Å²) in [5.41, 5.74) is 7.33. The average molecular weight is 465 g/mol. The lowest BCUT2D eigenvalue weighted by molar-refractivity contribution is -0.122. The molecule has 3 aromatic rings. The molecule has 0 bridgehead atoms. The molecule has 30 heavy (non-hydrogen) atoms. The molecule has 1 heterocycles. The number of halogens is 2. The van der Waals surface area contributed by atoms with Gasteiger partial charge in [0.1, 0.15) is 5.75 Å². The van der Waals surface area contributed by atoms with Crippen molar-refractivity contribution >= 4 is 67.2 Å². The Morgan fingerprint density at radius 2 is 1.97 bits per heavy atom. The first-order valence-corrected chi connectivity index (χ1v) is 10.8. The number of carbonyl (C=O) groups excluding carboxylic acids is 1. The predicted molar refractivity (Wildman–Crippen MR) is 127 cm³/mol. The van der Waals surface area contributed by atoms with Gasteiger partial charge in [-0.05, 0) is 70.0 Å². The Morgan fingerprint density at radius 1 is 1.23 bits per heavy atom. The quantitative estimate of drug-likeness (QED) is 0.325. The van der Waals surface area contributed by atoms with Crippen LogP contribution in [0.15, 0.2) is 29.4 Å². The number of thiazole rings is 1. The van der Waals surface area contributed by atoms with Crippen molar-refractivity contribution in [2.45, 2.75) is 40.7 Å². The Kier molecular flexibility index (Phi) is 6.85. The first kappa shape index (κ1) is 22.3. The van der Waals surface area contributed by atoms with Gasteiger partial charge in [0.25, 0.3) is 5.91 Å². The van der Waals surface area contributed by atoms with Crippen molar-refractivity contribution in [3.05, 3.63) is 45.4 Å². The monoisotopic (exact) mass is 464 g/mol. The fourth-order valence-corrected chi connectivity index (χ4v) is 4.17. The van der Waals surface area contributed by atoms with E-state index in [-0.39, 0.29) is 5.91 Å². The molecule has 0 radical (unpaired) electrons. The number of hydrogen-bond acceptors (Lipinski definition) is 6. The van der Waals surface area contributed by atoms with E-state index in [2.05, 4.69) is 20.8 Å². The van der Waals surface area contributed by atoms with E-state index < -0.39 is 6.10 Å². The molecule has 0 saturated carbocycles. The van der Waals surface area contributed by atoms with E-state index in [1.165, 1.54) is 11.3 Å². The molecule has 3 rings (SSSR count). The largest absolute Gasteiger partial charge is 0.479 e. The summed E-state index contributed by atoms with van der Waals surface area (Å²) in [7, 11) is 0. The molecule has 2 aromatic carbocycles. The lowest BCUT2D eigenvalue weighted by Gasteiger charge is -2.18. The number of nitrogens with one attached hydrogen (secondary N) is 2. The van der Waals surface area contributed by atoms with Gasteiger partial charge in [-0.3, -0.25) is 10.2 Å². The van der Waals surface area contributed by atoms with Crippen LogP contribution in [0.3, 0.4) is 0 Å². The summed E-state index contributed by atoms with van der Waals surface area (Å²) in [4.78, 5) is 17.3. The van der Waals surface area contributed by atoms with E-state index >= 15 is 0 Å². The molecular formula is C21H22Cl2N4O2S. The highest BCUT2D eigenvalue weighted by atomic mass is 35.5. The van der Waals surface area contributed by atoms with Crippen molar-refractivity contribution in [3.63, 3.8) is 0 Å². The van der Waals surface area contributed by atoms with Gasteiger partial charge in [-0.1, -0.05) is 34.5 Å². The molecule has 0 fully saturated rings. The van der Waals surface area contributed by atoms with Gasteiger partial charge in [-0.25, -0.2) is 4.98 Å². The first-order valence-electron chi connectivity index (χ1n) is 9.26. The van der Waals surface area contributed by atoms with Crippen LogP contribution < -0.4 is 15.5 Å². The summed E-state index contributed by atoms with van der Waals surface area (Å²) in [6, 6.07) is 6.83. The zero-order valence-electron chi connectivity index (χ0n) is 17.3. The fraction of sp³-hybridized carbons (Fsp3) is 0.286. The van der Waals surface area contributed by atoms with Crippen molar-refractivity contribution in [2.24, 2.45) is 5.10 Å². The normalized spacial score (nSPS) is 11.8. The number of ether oxygens (including phenoxy) is 1. The minimum Gasteiger partial charge on any atom is -0.479 e. The van der Waals surface area contributed by atoms with E-state index in [0.29, 0.717) is 20.9 Å². The van der Waals surface area contributed by atoms with Crippen molar-refractivity contribution in [1.82, 2.24) is 4.98 Å². The molecule has 0 aliphatic carbocycles. The van der Waals surface area contributed by atoms with Crippen molar-refractivity contribution in [2.75, 3.05) is 10.7 Å². The Hall–Kier alpha value is -2.35. The third-order valence-electron chi connectivity index (χ3n) is 4.31. The van der Waals surface area contributed by atoms with Crippen LogP contribution in [0.25, 0.3) is 10.2 Å². The number of anilines is 2. The fourth-order valence-electron chi connectivity index (χ4n) is 2.82. The second-order valence-electron chi connectivity index (χ2n) is 7.06. The molecule has 1 atom stereocenters. The highest BCUT2D eigenvalue weighted by Gasteiger charge is 2.20. The lowest BCUT2D eigenvalue weighted by atomic mass is 10.1. The maximum absolute atomic E-state index is 12.8. The van der Waals surface area contributed by atoms with Gasteiger partial charge in [-0.2, -0.15) is 5.10 Å². The van der Waals surface area contributed by atoms with E-state index in [9.17, 15) is 4.79 Å². The summed E-state index contributed by atoms with van der Waals surface area (Å²) >= 11 is 13.5. The summed E-state index contributed by atoms with van der Waals surface area (Å²) in [6.07, 6.45) is -0.751. The van der Waals surface area contributed by atoms with Crippen LogP contribution in [0.5, 0.6) is 5.75 Å². The van der Waals surface area contributed by atoms with E-state index in [1.54, 1.807) is 25.1 Å². The van der Waals surface area contributed by atoms with Crippen LogP contribution in [0.1, 0.15) is 31.9 Å². The number of fused-ring (bicyclic) bond motifs is 1. The van der Waals surface area contributed by atoms with Crippen LogP contribution in [0.4, 0.5) is 10.8 Å². The highest BCUT2D eigenvalue weighted by Crippen LogP contribution is 2.35. The maximum atomic E-state index is 12.8. The number of aryl methyl sites for hydroxylation is 2. The molecule has 0 aliphatic heterocycles. The highest BCUT2D eigenvalue weighted by molar-refractivity contribution is 7.22. The third-order valence-corrected chi connectivity index (χ3v) is 5.93. The van der Waals surface area contributed by atoms with Crippen molar-refractivity contribution in [3.8, 4) is 5.75 Å². The number of benzene rings is 2. The molecule has 0 unspecified atom stereocenters. The van der Waals surface area contributed by atoms with Crippen LogP contribution in [0.2, 0.25) is 10.0 Å². The predicted octanol–water partition coefficient (Wildman–Crippen LogP) is 6.43. The van der Waals surface area contributed by atoms with Gasteiger partial charge < -0.3 is 10.1 Å². The van der Waals surface area contributed by atoms with Gasteiger partial charge in [-0.15, -0.1) is 0 Å². The summed E-state index contributed by atoms with van der Waals surface area (Å²) < 4.78 is 6.71. The smallest absolute Gasteiger partial charge is 0.265 e. The van der Waals surface area contributed by atoms with Crippen LogP contribution in [0, 0.1) is 13.8 Å². The first-order chi connectivity index (χ1) is 14.2. The zero-order valence-corrected chi connectivity index (χ0v) is 19.6. The maximum Gasteiger partial charge on any atom is 0.265 e. The minimum absolute atomic E-state index is 0.277. The number of nitrogens with zero attached hydrogens (tertiary/aromatic N) is 2. The molecule has 0 saturated heterocycles. The van der Waals surface area contributed by atoms with Gasteiger partial charge in [0.05, 0.1) is 15.2 Å². The molecule has 1 amide bonds. The van der Waals surface area contributed by atoms with Gasteiger partial charge in [0, 0.05) is 16.4 Å². The molecular weight excluding hydrogens is 443 g/mol. The SMILES string of the molecule is CC(C)=NNc1nc2cc(C)c(NC(=O)[C@@H](C)Oc3ccc(Cl)cc3Cl)c(C)c2s1. The number of rotatable bonds is 6. The number of hydrazone groups is 1. The Balaban J connectivity index is 1.81. The number of hydrogen-bond donors (Lipinski definition) is 2.